The fourth-order valence-corrected chi connectivity index (χ4v) is 19.7. The van der Waals surface area contributed by atoms with Crippen LogP contribution in [0.2, 0.25) is 0 Å². The molecule has 0 saturated heterocycles. The molecule has 20 heteroatoms. The normalized spacial score (nSPS) is 16.8. The number of benzene rings is 7. The lowest BCUT2D eigenvalue weighted by Gasteiger charge is -2.21. The number of rotatable bonds is 29. The Labute approximate surface area is 857 Å². The number of aliphatic hydroxyl groups is 1. The van der Waals surface area contributed by atoms with Gasteiger partial charge in [0.25, 0.3) is 6.43 Å². The molecule has 7 heterocycles. The van der Waals surface area contributed by atoms with Crippen molar-refractivity contribution in [3.05, 3.63) is 412 Å². The van der Waals surface area contributed by atoms with Gasteiger partial charge < -0.3 is 10.8 Å². The molecular formula is C123H145Cl2F2N15O. The summed E-state index contributed by atoms with van der Waals surface area (Å²) in [4.78, 5) is -0.456. The Morgan fingerprint density at radius 1 is 0.259 bits per heavy atom. The molecule has 7 aliphatic rings. The van der Waals surface area contributed by atoms with Crippen LogP contribution in [0.25, 0.3) is 0 Å². The minimum Gasteiger partial charge on any atom is -0.396 e. The fraction of sp³-hybridized carbons (Fsp3) is 0.431. The molecule has 0 spiro atoms. The van der Waals surface area contributed by atoms with Gasteiger partial charge in [0, 0.05) is 101 Å². The summed E-state index contributed by atoms with van der Waals surface area (Å²) >= 11 is 11.8. The van der Waals surface area contributed by atoms with Gasteiger partial charge in [-0.15, -0.1) is 23.2 Å². The van der Waals surface area contributed by atoms with Crippen molar-refractivity contribution in [1.29, 1.82) is 0 Å². The summed E-state index contributed by atoms with van der Waals surface area (Å²) in [6.07, 6.45) is 21.5. The summed E-state index contributed by atoms with van der Waals surface area (Å²) in [7, 11) is 0. The van der Waals surface area contributed by atoms with Gasteiger partial charge in [0.2, 0.25) is 0 Å². The van der Waals surface area contributed by atoms with Crippen LogP contribution in [-0.4, -0.2) is 89.6 Å². The molecule has 0 aliphatic heterocycles. The first-order valence-electron chi connectivity index (χ1n) is 51.7. The van der Waals surface area contributed by atoms with E-state index in [1.807, 2.05) is 110 Å². The van der Waals surface area contributed by atoms with Crippen molar-refractivity contribution >= 4 is 23.2 Å². The maximum atomic E-state index is 12.6. The van der Waals surface area contributed by atoms with Crippen molar-refractivity contribution in [2.75, 3.05) is 13.2 Å². The van der Waals surface area contributed by atoms with E-state index in [2.05, 4.69) is 315 Å². The van der Waals surface area contributed by atoms with Gasteiger partial charge in [0.15, 0.2) is 0 Å². The zero-order chi connectivity index (χ0) is 101. The van der Waals surface area contributed by atoms with Gasteiger partial charge in [-0.25, -0.2) is 8.78 Å². The second-order valence-electron chi connectivity index (χ2n) is 44.1. The lowest BCUT2D eigenvalue weighted by atomic mass is 9.84. The van der Waals surface area contributed by atoms with Crippen LogP contribution < -0.4 is 5.73 Å². The molecule has 7 fully saturated rings. The quantitative estimate of drug-likeness (QED) is 0.0416. The Morgan fingerprint density at radius 2 is 0.441 bits per heavy atom. The summed E-state index contributed by atoms with van der Waals surface area (Å²) in [5.41, 5.74) is 39.5. The van der Waals surface area contributed by atoms with E-state index >= 15 is 0 Å². The van der Waals surface area contributed by atoms with Crippen LogP contribution in [0.5, 0.6) is 0 Å². The number of nitrogens with zero attached hydrogens (tertiary/aromatic N) is 14. The van der Waals surface area contributed by atoms with Crippen LogP contribution in [0.3, 0.4) is 0 Å². The maximum absolute atomic E-state index is 12.6. The summed E-state index contributed by atoms with van der Waals surface area (Å²) in [6, 6.07) is 89.2. The third-order valence-corrected chi connectivity index (χ3v) is 31.2. The Morgan fingerprint density at radius 3 is 0.594 bits per heavy atom. The smallest absolute Gasteiger partial charge is 0.263 e. The van der Waals surface area contributed by atoms with Crippen LogP contribution >= 0.6 is 23.2 Å². The molecule has 7 aromatic carbocycles. The van der Waals surface area contributed by atoms with Gasteiger partial charge in [-0.3, -0.25) is 0 Å². The zero-order valence-corrected chi connectivity index (χ0v) is 88.3. The fourth-order valence-electron chi connectivity index (χ4n) is 19.4. The molecule has 7 aliphatic carbocycles. The van der Waals surface area contributed by atoms with Crippen LogP contribution in [0, 0.1) is 48.5 Å². The number of aliphatic hydroxyl groups excluding tert-OH is 1. The summed E-state index contributed by atoms with van der Waals surface area (Å²) in [5.74, 6) is 1.83. The zero-order valence-electron chi connectivity index (χ0n) is 86.8. The predicted molar refractivity (Wildman–Crippen MR) is 574 cm³/mol. The third-order valence-electron chi connectivity index (χ3n) is 30.7. The van der Waals surface area contributed by atoms with Crippen LogP contribution in [0.4, 0.5) is 8.78 Å². The molecule has 7 aromatic heterocycles. The van der Waals surface area contributed by atoms with Gasteiger partial charge in [0.1, 0.15) is 4.84 Å². The van der Waals surface area contributed by atoms with E-state index in [1.165, 1.54) is 150 Å². The number of alkyl halides is 4. The SMILES string of the molecule is Cc1ccc(CC2(c3ccc(C(C)(C)C)cc3)CC2)nn1.Cc1ccc(CC2(c3ccc(C(C)C)cc3)CC2)nn1.Cc1ccc(CC2(c3ccc(C(C)C)cc3)CC2)nn1.Cc1ccc(CC2(c3ccc(C(C)CN)cc3)CC2)nn1.Cc1ccc(CC2(c3ccc(C(C)CO)cc3)CC2)nn1.Cc1ccc(CC2(c3ccc(C(Cl)Cl)cc3)CC2)nn1.Cc1ccc(CC2(c3ccc(C(F)F)cc3)CC2)nn1. The topological polar surface area (TPSA) is 227 Å². The van der Waals surface area contributed by atoms with Gasteiger partial charge in [0.05, 0.1) is 79.7 Å². The largest absolute Gasteiger partial charge is 0.396 e. The maximum Gasteiger partial charge on any atom is 0.263 e. The summed E-state index contributed by atoms with van der Waals surface area (Å²) < 4.78 is 25.2. The molecular weight excluding hydrogens is 1810 g/mol. The molecule has 3 N–H and O–H groups in total. The second kappa shape index (κ2) is 46.2. The first-order valence-corrected chi connectivity index (χ1v) is 52.5. The number of halogens is 4. The standard InChI is InChI=1S/C19H24N2.C18H23N3.C18H22N2O.2C18H22N2.C16H16Cl2N2.C16H16F2N2/c1-14-5-10-17(21-20-14)13-19(11-12-19)16-8-6-15(7-9-16)18(2,3)4;1-13(12-19)15-4-6-16(7-5-15)18(9-10-18)11-17-8-3-14(2)20-21-17;1-13(12-21)15-4-6-16(7-5-15)18(9-10-18)11-17-8-3-14(2)19-20-17;2*1-13(2)15-5-7-16(8-6-15)18(10-11-18)12-17-9-4-14(3)19-20-17;2*1-11-2-7-14(20-19-11)10-16(8-9-16)13-5-3-12(4-6-13)15(17)18/h5-10H,11-13H2,1-4H3;3-8,13H,9-12,19H2,1-2H3;3-8,13,21H,9-12H2,1-2H3;2*4-9,13H,10-12H2,1-3H3;2*2-7,15H,8-10H2,1H3. The molecule has 21 rings (SSSR count). The Balaban J connectivity index is 0.000000126. The highest BCUT2D eigenvalue weighted by atomic mass is 35.5. The molecule has 16 nitrogen and oxygen atoms in total. The average Bonchev–Trinajstić information content (AvgIpc) is 1.65. The highest BCUT2D eigenvalue weighted by molar-refractivity contribution is 6.44. The first-order chi connectivity index (χ1) is 68.5. The van der Waals surface area contributed by atoms with E-state index in [4.69, 9.17) is 28.9 Å². The monoisotopic (exact) mass is 1960 g/mol. The summed E-state index contributed by atoms with van der Waals surface area (Å²) in [5, 5.41) is 68.4. The molecule has 0 radical (unpaired) electrons. The molecule has 746 valence electrons. The van der Waals surface area contributed by atoms with Gasteiger partial charge in [-0.05, 0) is 325 Å². The van der Waals surface area contributed by atoms with E-state index in [0.717, 1.165) is 149 Å². The highest BCUT2D eigenvalue weighted by Crippen LogP contribution is 2.57. The van der Waals surface area contributed by atoms with E-state index in [9.17, 15) is 13.9 Å². The van der Waals surface area contributed by atoms with Crippen molar-refractivity contribution in [3.63, 3.8) is 0 Å². The number of hydrogen-bond acceptors (Lipinski definition) is 16. The van der Waals surface area contributed by atoms with Gasteiger partial charge >= 0.3 is 0 Å². The Kier molecular flexibility index (Phi) is 34.2. The molecule has 7 saturated carbocycles. The molecule has 0 bridgehead atoms. The van der Waals surface area contributed by atoms with Gasteiger partial charge in [-0.2, -0.15) is 71.4 Å². The lowest BCUT2D eigenvalue weighted by molar-refractivity contribution is 0.151. The number of aromatic nitrogens is 14. The van der Waals surface area contributed by atoms with E-state index in [1.54, 1.807) is 0 Å². The predicted octanol–water partition coefficient (Wildman–Crippen LogP) is 27.5. The number of hydrogen-bond donors (Lipinski definition) is 2. The number of nitrogens with two attached hydrogens (primary N) is 1. The van der Waals surface area contributed by atoms with Crippen molar-refractivity contribution in [2.45, 2.75) is 324 Å². The van der Waals surface area contributed by atoms with Crippen molar-refractivity contribution < 1.29 is 13.9 Å². The molecule has 0 amide bonds. The molecule has 2 unspecified atom stereocenters. The Hall–Kier alpha value is -11.5. The molecule has 2 atom stereocenters. The first kappa shape index (κ1) is 106. The van der Waals surface area contributed by atoms with Crippen molar-refractivity contribution in [3.8, 4) is 0 Å². The minimum atomic E-state index is -2.40. The summed E-state index contributed by atoms with van der Waals surface area (Å²) in [6.45, 7) is 34.6. The Bertz CT molecular complexity index is 5810. The van der Waals surface area contributed by atoms with E-state index < -0.39 is 11.3 Å². The molecule has 143 heavy (non-hydrogen) atoms. The highest BCUT2D eigenvalue weighted by Gasteiger charge is 2.50. The van der Waals surface area contributed by atoms with Crippen molar-refractivity contribution in [1.82, 2.24) is 71.4 Å². The lowest BCUT2D eigenvalue weighted by Crippen LogP contribution is -2.14. The van der Waals surface area contributed by atoms with Crippen molar-refractivity contribution in [2.24, 2.45) is 5.73 Å². The van der Waals surface area contributed by atoms with Crippen LogP contribution in [-0.2, 0) is 88.3 Å². The van der Waals surface area contributed by atoms with E-state index in [-0.39, 0.29) is 45.2 Å². The average molecular weight is 1960 g/mol. The number of aryl methyl sites for hydroxylation is 7. The van der Waals surface area contributed by atoms with Crippen LogP contribution in [0.15, 0.2) is 255 Å². The van der Waals surface area contributed by atoms with Crippen LogP contribution in [0.1, 0.15) is 345 Å². The van der Waals surface area contributed by atoms with Gasteiger partial charge in [-0.1, -0.05) is 232 Å². The second-order valence-corrected chi connectivity index (χ2v) is 45.1. The van der Waals surface area contributed by atoms with E-state index in [0.29, 0.717) is 40.5 Å². The molecule has 14 aromatic rings. The minimum absolute atomic E-state index is 0.0740. The third kappa shape index (κ3) is 28.6.